The maximum atomic E-state index is 13.5. The monoisotopic (exact) mass is 534 g/mol. The molecular weight excluding hydrogens is 496 g/mol. The fraction of sp³-hybridized carbons (Fsp3) is 0.324. The minimum atomic E-state index is -0.0390. The van der Waals surface area contributed by atoms with Crippen molar-refractivity contribution in [2.75, 3.05) is 24.6 Å². The standard InChI is InChI=1S/C34H38N4O2/c1-5-7-19-40-28-13-8-11-26(20-28)34(39)27-12-9-14-29-30-15-10-16-32(33(30)36-31(29)21-27)37(6-2)18-17-25-22-35-38(23-25)24(3)4/h8-16,20-24H,5-7,17-19H2,1-4H3. The lowest BCUT2D eigenvalue weighted by Gasteiger charge is -2.23. The van der Waals surface area contributed by atoms with Crippen molar-refractivity contribution in [1.82, 2.24) is 14.8 Å². The Morgan fingerprint density at radius 3 is 2.52 bits per heavy atom. The molecule has 2 heterocycles. The molecule has 5 rings (SSSR count). The van der Waals surface area contributed by atoms with Crippen molar-refractivity contribution in [2.24, 2.45) is 0 Å². The first-order valence-electron chi connectivity index (χ1n) is 14.4. The number of fused-ring (bicyclic) bond motifs is 3. The number of ketones is 1. The summed E-state index contributed by atoms with van der Waals surface area (Å²) in [7, 11) is 0. The van der Waals surface area contributed by atoms with Gasteiger partial charge in [-0.2, -0.15) is 5.10 Å². The summed E-state index contributed by atoms with van der Waals surface area (Å²) in [6.07, 6.45) is 7.07. The average molecular weight is 535 g/mol. The van der Waals surface area contributed by atoms with Gasteiger partial charge in [0.2, 0.25) is 0 Å². The molecule has 206 valence electrons. The largest absolute Gasteiger partial charge is 0.494 e. The van der Waals surface area contributed by atoms with Crippen LogP contribution in [0.15, 0.2) is 79.1 Å². The number of unbranched alkanes of at least 4 members (excludes halogenated alkanes) is 1. The minimum Gasteiger partial charge on any atom is -0.494 e. The molecule has 0 radical (unpaired) electrons. The lowest BCUT2D eigenvalue weighted by Crippen LogP contribution is -2.25. The lowest BCUT2D eigenvalue weighted by atomic mass is 10.0. The minimum absolute atomic E-state index is 0.0390. The number of benzene rings is 2. The summed E-state index contributed by atoms with van der Waals surface area (Å²) >= 11 is 0. The van der Waals surface area contributed by atoms with Crippen molar-refractivity contribution in [3.05, 3.63) is 95.8 Å². The van der Waals surface area contributed by atoms with E-state index in [0.717, 1.165) is 65.9 Å². The van der Waals surface area contributed by atoms with Crippen LogP contribution in [0.5, 0.6) is 5.75 Å². The van der Waals surface area contributed by atoms with Gasteiger partial charge >= 0.3 is 0 Å². The quantitative estimate of drug-likeness (QED) is 0.122. The smallest absolute Gasteiger partial charge is 0.193 e. The lowest BCUT2D eigenvalue weighted by molar-refractivity contribution is 0.103. The van der Waals surface area contributed by atoms with E-state index in [2.05, 4.69) is 68.2 Å². The number of anilines is 1. The molecule has 40 heavy (non-hydrogen) atoms. The van der Waals surface area contributed by atoms with Gasteiger partial charge in [-0.3, -0.25) is 9.48 Å². The van der Waals surface area contributed by atoms with E-state index in [1.807, 2.05) is 53.3 Å². The first-order chi connectivity index (χ1) is 19.5. The molecule has 6 heteroatoms. The molecule has 0 bridgehead atoms. The Morgan fingerprint density at radius 2 is 1.77 bits per heavy atom. The van der Waals surface area contributed by atoms with Crippen LogP contribution in [-0.4, -0.2) is 40.2 Å². The van der Waals surface area contributed by atoms with Crippen molar-refractivity contribution in [1.29, 1.82) is 0 Å². The summed E-state index contributed by atoms with van der Waals surface area (Å²) in [5.41, 5.74) is 6.40. The molecule has 0 atom stereocenters. The van der Waals surface area contributed by atoms with Crippen molar-refractivity contribution in [2.45, 2.75) is 53.0 Å². The maximum absolute atomic E-state index is 13.5. The first kappa shape index (κ1) is 27.4. The Hall–Kier alpha value is -4.19. The SMILES string of the molecule is CCCCOc1cccc(C(=O)c2cccc3c4cccc(N(CC)CCc5cnn(C(C)C)c5)c4nc-3c2)c1. The molecule has 0 saturated heterocycles. The average Bonchev–Trinajstić information content (AvgIpc) is 3.52. The number of likely N-dealkylation sites (N-methyl/N-ethyl adjacent to an activating group) is 1. The van der Waals surface area contributed by atoms with Gasteiger partial charge in [0.1, 0.15) is 5.75 Å². The van der Waals surface area contributed by atoms with Gasteiger partial charge in [0.15, 0.2) is 5.78 Å². The van der Waals surface area contributed by atoms with Crippen LogP contribution in [0.3, 0.4) is 0 Å². The van der Waals surface area contributed by atoms with Crippen LogP contribution in [0.2, 0.25) is 0 Å². The van der Waals surface area contributed by atoms with Crippen molar-refractivity contribution >= 4 is 22.4 Å². The van der Waals surface area contributed by atoms with E-state index in [9.17, 15) is 4.79 Å². The Kier molecular flexibility index (Phi) is 8.44. The van der Waals surface area contributed by atoms with Crippen LogP contribution in [0.25, 0.3) is 22.2 Å². The molecular formula is C34H38N4O2. The third-order valence-corrected chi connectivity index (χ3v) is 7.35. The fourth-order valence-corrected chi connectivity index (χ4v) is 5.04. The molecule has 0 saturated carbocycles. The maximum Gasteiger partial charge on any atom is 0.193 e. The number of rotatable bonds is 12. The van der Waals surface area contributed by atoms with Gasteiger partial charge < -0.3 is 9.64 Å². The van der Waals surface area contributed by atoms with Gasteiger partial charge in [0.05, 0.1) is 29.7 Å². The third kappa shape index (κ3) is 5.86. The zero-order valence-corrected chi connectivity index (χ0v) is 23.9. The number of hydrogen-bond acceptors (Lipinski definition) is 5. The molecule has 0 unspecified atom stereocenters. The van der Waals surface area contributed by atoms with E-state index in [1.54, 1.807) is 0 Å². The molecule has 0 spiro atoms. The second-order valence-electron chi connectivity index (χ2n) is 10.5. The molecule has 6 nitrogen and oxygen atoms in total. The van der Waals surface area contributed by atoms with Gasteiger partial charge in [-0.25, -0.2) is 4.98 Å². The number of carbonyl (C=O) groups excluding carboxylic acids is 1. The van der Waals surface area contributed by atoms with Crippen LogP contribution in [0.1, 0.15) is 68.1 Å². The van der Waals surface area contributed by atoms with E-state index < -0.39 is 0 Å². The molecule has 1 aliphatic heterocycles. The summed E-state index contributed by atoms with van der Waals surface area (Å²) < 4.78 is 7.84. The van der Waals surface area contributed by atoms with Gasteiger partial charge in [-0.15, -0.1) is 0 Å². The highest BCUT2D eigenvalue weighted by atomic mass is 16.5. The van der Waals surface area contributed by atoms with Crippen molar-refractivity contribution in [3.63, 3.8) is 0 Å². The number of ether oxygens (including phenoxy) is 1. The van der Waals surface area contributed by atoms with Crippen molar-refractivity contribution in [3.8, 4) is 17.0 Å². The van der Waals surface area contributed by atoms with E-state index in [4.69, 9.17) is 9.72 Å². The molecule has 2 aliphatic rings. The topological polar surface area (TPSA) is 60.2 Å². The third-order valence-electron chi connectivity index (χ3n) is 7.35. The highest BCUT2D eigenvalue weighted by Crippen LogP contribution is 2.36. The van der Waals surface area contributed by atoms with Gasteiger partial charge in [-0.05, 0) is 63.4 Å². The molecule has 2 aromatic carbocycles. The van der Waals surface area contributed by atoms with Crippen LogP contribution in [-0.2, 0) is 6.42 Å². The molecule has 1 aliphatic carbocycles. The van der Waals surface area contributed by atoms with Crippen molar-refractivity contribution < 1.29 is 9.53 Å². The zero-order valence-electron chi connectivity index (χ0n) is 23.9. The predicted molar refractivity (Wildman–Crippen MR) is 163 cm³/mol. The second-order valence-corrected chi connectivity index (χ2v) is 10.5. The molecule has 3 aromatic rings. The fourth-order valence-electron chi connectivity index (χ4n) is 5.04. The Morgan fingerprint density at radius 1 is 1.00 bits per heavy atom. The number of para-hydroxylation sites is 1. The summed E-state index contributed by atoms with van der Waals surface area (Å²) in [5, 5.41) is 5.59. The van der Waals surface area contributed by atoms with Crippen LogP contribution in [0.4, 0.5) is 5.69 Å². The summed E-state index contributed by atoms with van der Waals surface area (Å²) in [6.45, 7) is 11.0. The van der Waals surface area contributed by atoms with Gasteiger partial charge in [0, 0.05) is 47.4 Å². The van der Waals surface area contributed by atoms with Crippen LogP contribution < -0.4 is 9.64 Å². The summed E-state index contributed by atoms with van der Waals surface area (Å²) in [4.78, 5) is 21.0. The Bertz CT molecular complexity index is 1570. The number of hydrogen-bond donors (Lipinski definition) is 0. The zero-order chi connectivity index (χ0) is 28.1. The van der Waals surface area contributed by atoms with E-state index in [0.29, 0.717) is 23.8 Å². The highest BCUT2D eigenvalue weighted by Gasteiger charge is 2.19. The normalized spacial score (nSPS) is 11.4. The number of aromatic nitrogens is 3. The molecule has 0 fully saturated rings. The number of nitrogens with zero attached hydrogens (tertiary/aromatic N) is 4. The van der Waals surface area contributed by atoms with E-state index in [-0.39, 0.29) is 5.78 Å². The van der Waals surface area contributed by atoms with Crippen LogP contribution >= 0.6 is 0 Å². The predicted octanol–water partition coefficient (Wildman–Crippen LogP) is 7.60. The van der Waals surface area contributed by atoms with E-state index in [1.165, 1.54) is 5.56 Å². The Balaban J connectivity index is 1.43. The van der Waals surface area contributed by atoms with Crippen LogP contribution in [0, 0.1) is 0 Å². The second kappa shape index (κ2) is 12.3. The van der Waals surface area contributed by atoms with Gasteiger partial charge in [-0.1, -0.05) is 55.8 Å². The first-order valence-corrected chi connectivity index (χ1v) is 14.4. The number of carbonyl (C=O) groups is 1. The molecule has 1 aromatic heterocycles. The summed E-state index contributed by atoms with van der Waals surface area (Å²) in [5.74, 6) is 0.686. The summed E-state index contributed by atoms with van der Waals surface area (Å²) in [6, 6.07) is 22.0. The Labute approximate surface area is 237 Å². The molecule has 0 amide bonds. The van der Waals surface area contributed by atoms with Gasteiger partial charge in [0.25, 0.3) is 0 Å². The molecule has 0 N–H and O–H groups in total. The highest BCUT2D eigenvalue weighted by molar-refractivity contribution is 6.11. The van der Waals surface area contributed by atoms with E-state index >= 15 is 0 Å².